The molecule has 0 spiro atoms. The van der Waals surface area contributed by atoms with Crippen LogP contribution in [0.5, 0.6) is 0 Å². The van der Waals surface area contributed by atoms with Gasteiger partial charge in [-0.15, -0.1) is 0 Å². The average Bonchev–Trinajstić information content (AvgIpc) is 3.10. The highest BCUT2D eigenvalue weighted by molar-refractivity contribution is 5.90. The Balaban J connectivity index is 1.27. The van der Waals surface area contributed by atoms with E-state index < -0.39 is 29.5 Å². The van der Waals surface area contributed by atoms with Gasteiger partial charge in [-0.2, -0.15) is 0 Å². The molecule has 0 radical (unpaired) electrons. The molecule has 2 aromatic carbocycles. The largest absolute Gasteiger partial charge is 0.495 e. The lowest BCUT2D eigenvalue weighted by Gasteiger charge is -2.35. The monoisotopic (exact) mass is 494 g/mol. The van der Waals surface area contributed by atoms with E-state index in [9.17, 15) is 19.5 Å². The van der Waals surface area contributed by atoms with Gasteiger partial charge in [0.05, 0.1) is 0 Å². The lowest BCUT2D eigenvalue weighted by Crippen LogP contribution is -2.48. The molecule has 0 atom stereocenters. The minimum Gasteiger partial charge on any atom is -0.495 e. The Bertz CT molecular complexity index is 1130. The molecule has 9 nitrogen and oxygen atoms in total. The maximum atomic E-state index is 12.4. The number of amides is 2. The summed E-state index contributed by atoms with van der Waals surface area (Å²) in [5.41, 5.74) is 3.29. The lowest BCUT2D eigenvalue weighted by atomic mass is 9.89. The molecule has 2 aliphatic carbocycles. The van der Waals surface area contributed by atoms with Crippen LogP contribution < -0.4 is 10.6 Å². The fourth-order valence-electron chi connectivity index (χ4n) is 4.31. The van der Waals surface area contributed by atoms with Crippen molar-refractivity contribution in [1.29, 1.82) is 0 Å². The van der Waals surface area contributed by atoms with E-state index in [2.05, 4.69) is 10.6 Å². The third kappa shape index (κ3) is 5.97. The number of hydrogen-bond donors (Lipinski definition) is 3. The van der Waals surface area contributed by atoms with Crippen molar-refractivity contribution < 1.29 is 33.7 Å². The summed E-state index contributed by atoms with van der Waals surface area (Å²) >= 11 is 0. The third-order valence-electron chi connectivity index (χ3n) is 6.00. The molecule has 1 saturated carbocycles. The molecule has 0 saturated heterocycles. The molecule has 1 fully saturated rings. The Hall–Kier alpha value is -4.01. The van der Waals surface area contributed by atoms with Gasteiger partial charge >= 0.3 is 18.2 Å². The second-order valence-corrected chi connectivity index (χ2v) is 9.86. The van der Waals surface area contributed by atoms with E-state index >= 15 is 0 Å². The second kappa shape index (κ2) is 10.3. The molecule has 2 amide bonds. The van der Waals surface area contributed by atoms with E-state index in [1.165, 1.54) is 0 Å². The van der Waals surface area contributed by atoms with E-state index in [4.69, 9.17) is 14.2 Å². The van der Waals surface area contributed by atoms with Crippen LogP contribution in [0.3, 0.4) is 0 Å². The molecular weight excluding hydrogens is 464 g/mol. The standard InChI is InChI=1S/C27H30N2O7/c1-27(2,3)36-26(33)28-16-12-17(13-16)34-15-23(24(30)31)29-25(32)35-14-22-20-10-6-4-8-18(20)19-9-5-7-11-21(19)22/h4-11,15-17,22H,12-14H2,1-3H3,(H,28,33)(H,29,32)(H,30,31)/b23-15-. The minimum absolute atomic E-state index is 0.0637. The Morgan fingerprint density at radius 1 is 0.972 bits per heavy atom. The van der Waals surface area contributed by atoms with Gasteiger partial charge in [-0.3, -0.25) is 5.32 Å². The fraction of sp³-hybridized carbons (Fsp3) is 0.370. The van der Waals surface area contributed by atoms with Crippen molar-refractivity contribution in [3.8, 4) is 11.1 Å². The molecule has 2 aliphatic rings. The molecule has 0 bridgehead atoms. The van der Waals surface area contributed by atoms with Gasteiger partial charge < -0.3 is 24.6 Å². The quantitative estimate of drug-likeness (QED) is 0.382. The van der Waals surface area contributed by atoms with Crippen LogP contribution >= 0.6 is 0 Å². The number of nitrogens with one attached hydrogen (secondary N) is 2. The summed E-state index contributed by atoms with van der Waals surface area (Å²) in [6.45, 7) is 5.40. The third-order valence-corrected chi connectivity index (χ3v) is 6.00. The van der Waals surface area contributed by atoms with Gasteiger partial charge in [0, 0.05) is 24.8 Å². The van der Waals surface area contributed by atoms with Crippen LogP contribution in [-0.2, 0) is 19.0 Å². The van der Waals surface area contributed by atoms with E-state index in [-0.39, 0.29) is 24.7 Å². The van der Waals surface area contributed by atoms with Crippen LogP contribution in [0.25, 0.3) is 11.1 Å². The van der Waals surface area contributed by atoms with Crippen LogP contribution in [0, 0.1) is 0 Å². The molecule has 0 heterocycles. The van der Waals surface area contributed by atoms with Crippen molar-refractivity contribution in [2.75, 3.05) is 6.61 Å². The van der Waals surface area contributed by atoms with Crippen LogP contribution in [0.4, 0.5) is 9.59 Å². The molecule has 190 valence electrons. The molecule has 0 aliphatic heterocycles. The van der Waals surface area contributed by atoms with Crippen molar-refractivity contribution in [1.82, 2.24) is 10.6 Å². The topological polar surface area (TPSA) is 123 Å². The zero-order valence-electron chi connectivity index (χ0n) is 20.4. The zero-order valence-corrected chi connectivity index (χ0v) is 20.4. The Kier molecular flexibility index (Phi) is 7.19. The normalized spacial score (nSPS) is 18.8. The summed E-state index contributed by atoms with van der Waals surface area (Å²) in [6, 6.07) is 15.8. The smallest absolute Gasteiger partial charge is 0.411 e. The minimum atomic E-state index is -1.36. The Labute approximate surface area is 209 Å². The highest BCUT2D eigenvalue weighted by Gasteiger charge is 2.33. The van der Waals surface area contributed by atoms with Gasteiger partial charge in [-0.05, 0) is 43.0 Å². The van der Waals surface area contributed by atoms with Gasteiger partial charge in [0.1, 0.15) is 24.6 Å². The van der Waals surface area contributed by atoms with Crippen LogP contribution in [0.15, 0.2) is 60.5 Å². The van der Waals surface area contributed by atoms with E-state index in [1.807, 2.05) is 48.5 Å². The number of fused-ring (bicyclic) bond motifs is 3. The maximum absolute atomic E-state index is 12.4. The SMILES string of the molecule is CC(C)(C)OC(=O)NC1CC(O/C=C(\NC(=O)OCC2c3ccccc3-c3ccccc32)C(=O)O)C1. The molecule has 9 heteroatoms. The summed E-state index contributed by atoms with van der Waals surface area (Å²) in [4.78, 5) is 35.8. The highest BCUT2D eigenvalue weighted by Crippen LogP contribution is 2.44. The number of carboxylic acids is 1. The fourth-order valence-corrected chi connectivity index (χ4v) is 4.31. The first-order valence-corrected chi connectivity index (χ1v) is 11.8. The van der Waals surface area contributed by atoms with Crippen molar-refractivity contribution >= 4 is 18.2 Å². The number of carboxylic acid groups (broad SMARTS) is 1. The van der Waals surface area contributed by atoms with Crippen molar-refractivity contribution in [3.05, 3.63) is 71.6 Å². The second-order valence-electron chi connectivity index (χ2n) is 9.86. The Morgan fingerprint density at radius 3 is 2.11 bits per heavy atom. The molecule has 3 N–H and O–H groups in total. The van der Waals surface area contributed by atoms with Crippen LogP contribution in [0.1, 0.15) is 50.7 Å². The summed E-state index contributed by atoms with van der Waals surface area (Å²) in [6.07, 6.45) is 0.305. The molecule has 2 aromatic rings. The van der Waals surface area contributed by atoms with E-state index in [0.29, 0.717) is 12.8 Å². The first kappa shape index (κ1) is 25.1. The molecular formula is C27H30N2O7. The zero-order chi connectivity index (χ0) is 25.9. The number of alkyl carbamates (subject to hydrolysis) is 2. The predicted octanol–water partition coefficient (Wildman–Crippen LogP) is 4.52. The number of rotatable bonds is 7. The molecule has 0 unspecified atom stereocenters. The van der Waals surface area contributed by atoms with Crippen LogP contribution in [-0.4, -0.2) is 47.6 Å². The number of carbonyl (C=O) groups is 3. The molecule has 4 rings (SSSR count). The van der Waals surface area contributed by atoms with Gasteiger partial charge in [-0.25, -0.2) is 14.4 Å². The van der Waals surface area contributed by atoms with Gasteiger partial charge in [0.25, 0.3) is 0 Å². The van der Waals surface area contributed by atoms with Gasteiger partial charge in [0.15, 0.2) is 5.70 Å². The van der Waals surface area contributed by atoms with Gasteiger partial charge in [0.2, 0.25) is 0 Å². The van der Waals surface area contributed by atoms with Gasteiger partial charge in [-0.1, -0.05) is 48.5 Å². The van der Waals surface area contributed by atoms with Crippen molar-refractivity contribution in [3.63, 3.8) is 0 Å². The molecule has 0 aromatic heterocycles. The molecule has 36 heavy (non-hydrogen) atoms. The van der Waals surface area contributed by atoms with Crippen molar-refractivity contribution in [2.24, 2.45) is 0 Å². The van der Waals surface area contributed by atoms with E-state index in [1.54, 1.807) is 20.8 Å². The summed E-state index contributed by atoms with van der Waals surface area (Å²) in [5, 5.41) is 14.4. The summed E-state index contributed by atoms with van der Waals surface area (Å²) in [7, 11) is 0. The lowest BCUT2D eigenvalue weighted by molar-refractivity contribution is -0.133. The highest BCUT2D eigenvalue weighted by atomic mass is 16.6. The number of carbonyl (C=O) groups excluding carboxylic acids is 2. The summed E-state index contributed by atoms with van der Waals surface area (Å²) < 4.78 is 16.1. The number of hydrogen-bond acceptors (Lipinski definition) is 6. The van der Waals surface area contributed by atoms with Crippen LogP contribution in [0.2, 0.25) is 0 Å². The predicted molar refractivity (Wildman–Crippen MR) is 131 cm³/mol. The van der Waals surface area contributed by atoms with Crippen molar-refractivity contribution in [2.45, 2.75) is 57.3 Å². The number of aliphatic carboxylic acids is 1. The van der Waals surface area contributed by atoms with E-state index in [0.717, 1.165) is 28.5 Å². The first-order chi connectivity index (χ1) is 17.1. The first-order valence-electron chi connectivity index (χ1n) is 11.8. The maximum Gasteiger partial charge on any atom is 0.411 e. The summed E-state index contributed by atoms with van der Waals surface area (Å²) in [5.74, 6) is -1.49. The number of ether oxygens (including phenoxy) is 3. The Morgan fingerprint density at radius 2 is 1.56 bits per heavy atom. The number of benzene rings is 2. The average molecular weight is 495 g/mol.